The van der Waals surface area contributed by atoms with Gasteiger partial charge in [-0.15, -0.1) is 0 Å². The van der Waals surface area contributed by atoms with E-state index < -0.39 is 5.82 Å². The number of hydrogen-bond acceptors (Lipinski definition) is 3. The Morgan fingerprint density at radius 2 is 2.00 bits per heavy atom. The van der Waals surface area contributed by atoms with Crippen molar-refractivity contribution in [3.63, 3.8) is 0 Å². The second-order valence-corrected chi connectivity index (χ2v) is 4.61. The Kier molecular flexibility index (Phi) is 6.91. The fraction of sp³-hybridized carbons (Fsp3) is 0.417. The van der Waals surface area contributed by atoms with Gasteiger partial charge < -0.3 is 15.4 Å². The van der Waals surface area contributed by atoms with Crippen LogP contribution in [-0.4, -0.2) is 32.7 Å². The van der Waals surface area contributed by atoms with Crippen LogP contribution < -0.4 is 10.6 Å². The Balaban J connectivity index is 2.42. The molecule has 0 heterocycles. The van der Waals surface area contributed by atoms with Crippen molar-refractivity contribution in [1.82, 2.24) is 5.32 Å². The largest absolute Gasteiger partial charge is 0.385 e. The fourth-order valence-corrected chi connectivity index (χ4v) is 1.98. The van der Waals surface area contributed by atoms with E-state index in [1.165, 1.54) is 0 Å². The second-order valence-electron chi connectivity index (χ2n) is 3.79. The average Bonchev–Trinajstić information content (AvgIpc) is 2.33. The van der Waals surface area contributed by atoms with Crippen LogP contribution in [-0.2, 0) is 9.53 Å². The second kappa shape index (κ2) is 8.19. The molecule has 4 nitrogen and oxygen atoms in total. The summed E-state index contributed by atoms with van der Waals surface area (Å²) in [6.07, 6.45) is 0.736. The molecular weight excluding hydrogens is 294 g/mol. The summed E-state index contributed by atoms with van der Waals surface area (Å²) in [5.41, 5.74) is 0.344. The molecule has 1 aromatic rings. The van der Waals surface area contributed by atoms with Crippen molar-refractivity contribution in [3.8, 4) is 0 Å². The molecule has 0 radical (unpaired) electrons. The molecule has 106 valence electrons. The first-order chi connectivity index (χ1) is 9.04. The van der Waals surface area contributed by atoms with Crippen LogP contribution in [0.5, 0.6) is 0 Å². The summed E-state index contributed by atoms with van der Waals surface area (Å²) in [6, 6.07) is 2.26. The first-order valence-electron chi connectivity index (χ1n) is 5.68. The van der Waals surface area contributed by atoms with E-state index in [2.05, 4.69) is 10.6 Å². The average molecular weight is 309 g/mol. The quantitative estimate of drug-likeness (QED) is 0.762. The molecule has 0 aliphatic rings. The van der Waals surface area contributed by atoms with Crippen LogP contribution in [0.25, 0.3) is 0 Å². The Bertz CT molecular complexity index is 421. The lowest BCUT2D eigenvalue weighted by Gasteiger charge is -2.10. The highest BCUT2D eigenvalue weighted by Gasteiger charge is 2.09. The number of carbonyl (C=O) groups is 1. The molecule has 19 heavy (non-hydrogen) atoms. The number of anilines is 1. The zero-order valence-electron chi connectivity index (χ0n) is 10.4. The van der Waals surface area contributed by atoms with Gasteiger partial charge >= 0.3 is 0 Å². The maximum absolute atomic E-state index is 13.0. The van der Waals surface area contributed by atoms with Crippen LogP contribution in [0.4, 0.5) is 10.1 Å². The Morgan fingerprint density at radius 3 is 2.58 bits per heavy atom. The maximum Gasteiger partial charge on any atom is 0.239 e. The van der Waals surface area contributed by atoms with Gasteiger partial charge in [0.1, 0.15) is 5.82 Å². The molecule has 0 spiro atoms. The van der Waals surface area contributed by atoms with Crippen LogP contribution in [0.2, 0.25) is 10.0 Å². The number of hydrogen-bond donors (Lipinski definition) is 2. The van der Waals surface area contributed by atoms with Gasteiger partial charge in [-0.1, -0.05) is 23.2 Å². The highest BCUT2D eigenvalue weighted by molar-refractivity contribution is 6.39. The molecule has 0 saturated heterocycles. The molecular formula is C12H15Cl2FN2O2. The summed E-state index contributed by atoms with van der Waals surface area (Å²) in [4.78, 5) is 11.5. The third kappa shape index (κ3) is 5.63. The molecule has 0 unspecified atom stereocenters. The number of nitrogens with one attached hydrogen (secondary N) is 2. The Hall–Kier alpha value is -1.04. The van der Waals surface area contributed by atoms with Gasteiger partial charge in [-0.05, 0) is 18.6 Å². The maximum atomic E-state index is 13.0. The first-order valence-corrected chi connectivity index (χ1v) is 6.44. The van der Waals surface area contributed by atoms with E-state index in [-0.39, 0.29) is 22.5 Å². The summed E-state index contributed by atoms with van der Waals surface area (Å²) in [5, 5.41) is 5.74. The number of amides is 1. The third-order valence-electron chi connectivity index (χ3n) is 2.28. The lowest BCUT2D eigenvalue weighted by Crippen LogP contribution is -2.31. The number of benzene rings is 1. The highest BCUT2D eigenvalue weighted by Crippen LogP contribution is 2.30. The van der Waals surface area contributed by atoms with Crippen molar-refractivity contribution in [2.45, 2.75) is 6.42 Å². The molecule has 0 fully saturated rings. The number of halogens is 3. The summed E-state index contributed by atoms with van der Waals surface area (Å²) >= 11 is 11.7. The van der Waals surface area contributed by atoms with Crippen LogP contribution in [0.15, 0.2) is 12.1 Å². The van der Waals surface area contributed by atoms with E-state index in [1.807, 2.05) is 0 Å². The Labute approximate surface area is 121 Å². The van der Waals surface area contributed by atoms with Gasteiger partial charge in [-0.2, -0.15) is 0 Å². The summed E-state index contributed by atoms with van der Waals surface area (Å²) in [7, 11) is 1.60. The zero-order valence-corrected chi connectivity index (χ0v) is 11.9. The topological polar surface area (TPSA) is 50.4 Å². The highest BCUT2D eigenvalue weighted by atomic mass is 35.5. The molecule has 1 aromatic carbocycles. The molecule has 0 aliphatic carbocycles. The predicted octanol–water partition coefficient (Wildman–Crippen LogP) is 2.70. The molecule has 2 N–H and O–H groups in total. The molecule has 0 aromatic heterocycles. The standard InChI is InChI=1S/C12H15Cl2FN2O2/c1-19-4-2-3-16-11(18)7-17-12-9(13)5-8(15)6-10(12)14/h5-6,17H,2-4,7H2,1H3,(H,16,18). The minimum absolute atomic E-state index is 0.0120. The third-order valence-corrected chi connectivity index (χ3v) is 2.88. The lowest BCUT2D eigenvalue weighted by atomic mass is 10.3. The SMILES string of the molecule is COCCCNC(=O)CNc1c(Cl)cc(F)cc1Cl. The van der Waals surface area contributed by atoms with E-state index in [4.69, 9.17) is 27.9 Å². The van der Waals surface area contributed by atoms with Gasteiger partial charge in [0.25, 0.3) is 0 Å². The van der Waals surface area contributed by atoms with E-state index in [9.17, 15) is 9.18 Å². The molecule has 0 aliphatic heterocycles. The van der Waals surface area contributed by atoms with Crippen LogP contribution in [0.1, 0.15) is 6.42 Å². The smallest absolute Gasteiger partial charge is 0.239 e. The van der Waals surface area contributed by atoms with Gasteiger partial charge in [0.2, 0.25) is 5.91 Å². The normalized spacial score (nSPS) is 10.3. The van der Waals surface area contributed by atoms with Crippen molar-refractivity contribution in [1.29, 1.82) is 0 Å². The van der Waals surface area contributed by atoms with E-state index in [0.717, 1.165) is 18.6 Å². The van der Waals surface area contributed by atoms with Crippen molar-refractivity contribution in [2.75, 3.05) is 32.1 Å². The summed E-state index contributed by atoms with van der Waals surface area (Å²) in [6.45, 7) is 1.13. The van der Waals surface area contributed by atoms with Crippen LogP contribution in [0.3, 0.4) is 0 Å². The van der Waals surface area contributed by atoms with Crippen LogP contribution >= 0.6 is 23.2 Å². The molecule has 0 atom stereocenters. The van der Waals surface area contributed by atoms with Crippen molar-refractivity contribution >= 4 is 34.8 Å². The molecule has 0 saturated carbocycles. The minimum Gasteiger partial charge on any atom is -0.385 e. The number of rotatable bonds is 7. The first kappa shape index (κ1) is 16.0. The predicted molar refractivity (Wildman–Crippen MR) is 74.4 cm³/mol. The van der Waals surface area contributed by atoms with Gasteiger partial charge in [-0.3, -0.25) is 4.79 Å². The van der Waals surface area contributed by atoms with Gasteiger partial charge in [0.15, 0.2) is 0 Å². The monoisotopic (exact) mass is 308 g/mol. The van der Waals surface area contributed by atoms with Crippen molar-refractivity contribution in [3.05, 3.63) is 28.0 Å². The van der Waals surface area contributed by atoms with E-state index >= 15 is 0 Å². The number of methoxy groups -OCH3 is 1. The van der Waals surface area contributed by atoms with E-state index in [1.54, 1.807) is 7.11 Å². The lowest BCUT2D eigenvalue weighted by molar-refractivity contribution is -0.119. The fourth-order valence-electron chi connectivity index (χ4n) is 1.39. The summed E-state index contributed by atoms with van der Waals surface area (Å²) < 4.78 is 17.8. The summed E-state index contributed by atoms with van der Waals surface area (Å²) in [5.74, 6) is -0.725. The van der Waals surface area contributed by atoms with Crippen LogP contribution in [0, 0.1) is 5.82 Å². The zero-order chi connectivity index (χ0) is 14.3. The molecule has 1 amide bonds. The molecule has 1 rings (SSSR count). The number of carbonyl (C=O) groups excluding carboxylic acids is 1. The van der Waals surface area contributed by atoms with Crippen molar-refractivity contribution < 1.29 is 13.9 Å². The van der Waals surface area contributed by atoms with Crippen molar-refractivity contribution in [2.24, 2.45) is 0 Å². The molecule has 7 heteroatoms. The number of ether oxygens (including phenoxy) is 1. The minimum atomic E-state index is -0.524. The Morgan fingerprint density at radius 1 is 1.37 bits per heavy atom. The van der Waals surface area contributed by atoms with Gasteiger partial charge in [0.05, 0.1) is 22.3 Å². The van der Waals surface area contributed by atoms with Gasteiger partial charge in [0, 0.05) is 20.3 Å². The van der Waals surface area contributed by atoms with E-state index in [0.29, 0.717) is 18.8 Å². The van der Waals surface area contributed by atoms with Gasteiger partial charge in [-0.25, -0.2) is 4.39 Å². The molecule has 0 bridgehead atoms.